The molecule has 8 nitrogen and oxygen atoms in total. The molecule has 8 heteroatoms. The van der Waals surface area contributed by atoms with Gasteiger partial charge in [-0.25, -0.2) is 4.79 Å². The van der Waals surface area contributed by atoms with E-state index < -0.39 is 5.97 Å². The van der Waals surface area contributed by atoms with Gasteiger partial charge in [0.15, 0.2) is 23.0 Å². The van der Waals surface area contributed by atoms with Gasteiger partial charge in [0.2, 0.25) is 12.5 Å². The van der Waals surface area contributed by atoms with Gasteiger partial charge in [0.1, 0.15) is 5.75 Å². The fourth-order valence-electron chi connectivity index (χ4n) is 3.78. The standard InChI is InChI=1S/C22H20O8/c1-10-18(22(24)25)19(11-5-16(26-2)21(28-4)17(6-11)27-3)12-7-14-15(30-9-29-14)8-13(12)20(10)23/h5-8,23H,9H2,1-4H3,(H,24,25). The van der Waals surface area contributed by atoms with E-state index in [0.717, 1.165) is 0 Å². The molecule has 0 atom stereocenters. The second-order valence-corrected chi connectivity index (χ2v) is 6.69. The number of phenols is 1. The molecule has 1 heterocycles. The SMILES string of the molecule is COc1cc(-c2c(C(=O)O)c(C)c(O)c3cc4c(cc23)OCO4)cc(OC)c1OC. The van der Waals surface area contributed by atoms with Crippen molar-refractivity contribution in [2.75, 3.05) is 28.1 Å². The van der Waals surface area contributed by atoms with Gasteiger partial charge in [0, 0.05) is 16.5 Å². The molecule has 30 heavy (non-hydrogen) atoms. The van der Waals surface area contributed by atoms with E-state index in [1.807, 2.05) is 0 Å². The summed E-state index contributed by atoms with van der Waals surface area (Å²) in [5, 5.41) is 21.7. The molecule has 0 aliphatic carbocycles. The number of carboxylic acids is 1. The Bertz CT molecular complexity index is 1160. The van der Waals surface area contributed by atoms with Crippen LogP contribution in [0.1, 0.15) is 15.9 Å². The number of aromatic hydroxyl groups is 1. The smallest absolute Gasteiger partial charge is 0.336 e. The van der Waals surface area contributed by atoms with Crippen molar-refractivity contribution in [2.24, 2.45) is 0 Å². The lowest BCUT2D eigenvalue weighted by Crippen LogP contribution is -2.05. The molecule has 3 aromatic carbocycles. The van der Waals surface area contributed by atoms with Crippen LogP contribution in [0.5, 0.6) is 34.5 Å². The Morgan fingerprint density at radius 1 is 0.933 bits per heavy atom. The maximum Gasteiger partial charge on any atom is 0.336 e. The lowest BCUT2D eigenvalue weighted by molar-refractivity contribution is 0.0696. The van der Waals surface area contributed by atoms with Crippen LogP contribution in [-0.2, 0) is 0 Å². The molecule has 0 spiro atoms. The Morgan fingerprint density at radius 2 is 1.50 bits per heavy atom. The molecule has 2 N–H and O–H groups in total. The summed E-state index contributed by atoms with van der Waals surface area (Å²) in [6.45, 7) is 1.61. The molecular formula is C22H20O8. The highest BCUT2D eigenvalue weighted by molar-refractivity contribution is 6.12. The zero-order chi connectivity index (χ0) is 21.6. The summed E-state index contributed by atoms with van der Waals surface area (Å²) in [6.07, 6.45) is 0. The minimum Gasteiger partial charge on any atom is -0.507 e. The summed E-state index contributed by atoms with van der Waals surface area (Å²) in [5.41, 5.74) is 1.12. The maximum atomic E-state index is 12.2. The lowest BCUT2D eigenvalue weighted by atomic mass is 9.88. The summed E-state index contributed by atoms with van der Waals surface area (Å²) in [6, 6.07) is 6.65. The number of hydrogen-bond donors (Lipinski definition) is 2. The van der Waals surface area contributed by atoms with E-state index in [-0.39, 0.29) is 23.7 Å². The molecule has 0 unspecified atom stereocenters. The number of ether oxygens (including phenoxy) is 5. The van der Waals surface area contributed by atoms with Crippen LogP contribution in [0, 0.1) is 6.92 Å². The molecule has 0 aromatic heterocycles. The number of carbonyl (C=O) groups is 1. The number of fused-ring (bicyclic) bond motifs is 2. The van der Waals surface area contributed by atoms with Gasteiger partial charge < -0.3 is 33.9 Å². The average molecular weight is 412 g/mol. The fourth-order valence-corrected chi connectivity index (χ4v) is 3.78. The van der Waals surface area contributed by atoms with Gasteiger partial charge in [0.25, 0.3) is 0 Å². The van der Waals surface area contributed by atoms with Crippen LogP contribution in [0.25, 0.3) is 21.9 Å². The van der Waals surface area contributed by atoms with E-state index in [1.54, 1.807) is 31.2 Å². The lowest BCUT2D eigenvalue weighted by Gasteiger charge is -2.19. The first kappa shape index (κ1) is 19.5. The zero-order valence-electron chi connectivity index (χ0n) is 16.9. The Kier molecular flexibility index (Phi) is 4.69. The number of benzene rings is 3. The van der Waals surface area contributed by atoms with Gasteiger partial charge in [0.05, 0.1) is 26.9 Å². The summed E-state index contributed by atoms with van der Waals surface area (Å²) in [4.78, 5) is 12.2. The van der Waals surface area contributed by atoms with Crippen molar-refractivity contribution in [1.82, 2.24) is 0 Å². The first-order chi connectivity index (χ1) is 14.4. The molecule has 1 aliphatic heterocycles. The van der Waals surface area contributed by atoms with E-state index in [4.69, 9.17) is 23.7 Å². The predicted octanol–water partition coefficient (Wildman–Crippen LogP) is 3.97. The van der Waals surface area contributed by atoms with Crippen molar-refractivity contribution in [3.8, 4) is 45.6 Å². The van der Waals surface area contributed by atoms with Crippen molar-refractivity contribution in [3.05, 3.63) is 35.4 Å². The quantitative estimate of drug-likeness (QED) is 0.649. The number of phenolic OH excluding ortho intramolecular Hbond substituents is 1. The topological polar surface area (TPSA) is 104 Å². The number of hydrogen-bond acceptors (Lipinski definition) is 7. The van der Waals surface area contributed by atoms with Crippen molar-refractivity contribution in [3.63, 3.8) is 0 Å². The zero-order valence-corrected chi connectivity index (χ0v) is 16.9. The fraction of sp³-hybridized carbons (Fsp3) is 0.227. The third-order valence-electron chi connectivity index (χ3n) is 5.18. The Labute approximate surface area is 172 Å². The van der Waals surface area contributed by atoms with Gasteiger partial charge in [-0.05, 0) is 42.1 Å². The van der Waals surface area contributed by atoms with Crippen LogP contribution in [0.15, 0.2) is 24.3 Å². The second-order valence-electron chi connectivity index (χ2n) is 6.69. The molecule has 4 rings (SSSR count). The Balaban J connectivity index is 2.16. The molecule has 1 aliphatic rings. The van der Waals surface area contributed by atoms with Crippen LogP contribution in [-0.4, -0.2) is 44.3 Å². The number of aromatic carboxylic acids is 1. The highest BCUT2D eigenvalue weighted by Crippen LogP contribution is 2.49. The molecular weight excluding hydrogens is 392 g/mol. The van der Waals surface area contributed by atoms with Crippen molar-refractivity contribution in [1.29, 1.82) is 0 Å². The predicted molar refractivity (Wildman–Crippen MR) is 109 cm³/mol. The normalized spacial score (nSPS) is 12.1. The van der Waals surface area contributed by atoms with Gasteiger partial charge in [-0.2, -0.15) is 0 Å². The minimum absolute atomic E-state index is 0.0341. The van der Waals surface area contributed by atoms with Gasteiger partial charge in [-0.15, -0.1) is 0 Å². The summed E-state index contributed by atoms with van der Waals surface area (Å²) < 4.78 is 27.1. The highest BCUT2D eigenvalue weighted by Gasteiger charge is 2.27. The van der Waals surface area contributed by atoms with E-state index >= 15 is 0 Å². The molecule has 0 saturated heterocycles. The van der Waals surface area contributed by atoms with Crippen LogP contribution >= 0.6 is 0 Å². The minimum atomic E-state index is -1.17. The second kappa shape index (κ2) is 7.22. The molecule has 0 fully saturated rings. The van der Waals surface area contributed by atoms with Crippen LogP contribution < -0.4 is 23.7 Å². The Morgan fingerprint density at radius 3 is 2.00 bits per heavy atom. The monoisotopic (exact) mass is 412 g/mol. The van der Waals surface area contributed by atoms with E-state index in [2.05, 4.69) is 0 Å². The molecule has 0 radical (unpaired) electrons. The summed E-state index contributed by atoms with van der Waals surface area (Å²) >= 11 is 0. The van der Waals surface area contributed by atoms with E-state index in [1.165, 1.54) is 21.3 Å². The van der Waals surface area contributed by atoms with Crippen LogP contribution in [0.3, 0.4) is 0 Å². The number of carboxylic acid groups (broad SMARTS) is 1. The van der Waals surface area contributed by atoms with E-state index in [9.17, 15) is 15.0 Å². The van der Waals surface area contributed by atoms with Crippen LogP contribution in [0.4, 0.5) is 0 Å². The van der Waals surface area contributed by atoms with Crippen molar-refractivity contribution < 1.29 is 38.7 Å². The van der Waals surface area contributed by atoms with E-state index in [0.29, 0.717) is 50.6 Å². The maximum absolute atomic E-state index is 12.2. The Hall–Kier alpha value is -3.81. The van der Waals surface area contributed by atoms with Gasteiger partial charge >= 0.3 is 5.97 Å². The largest absolute Gasteiger partial charge is 0.507 e. The third kappa shape index (κ3) is 2.80. The molecule has 0 amide bonds. The summed E-state index contributed by atoms with van der Waals surface area (Å²) in [5.74, 6) is 0.790. The first-order valence-electron chi connectivity index (χ1n) is 9.03. The number of methoxy groups -OCH3 is 3. The summed E-state index contributed by atoms with van der Waals surface area (Å²) in [7, 11) is 4.46. The first-order valence-corrected chi connectivity index (χ1v) is 9.03. The van der Waals surface area contributed by atoms with Gasteiger partial charge in [-0.3, -0.25) is 0 Å². The molecule has 0 saturated carbocycles. The van der Waals surface area contributed by atoms with Crippen LogP contribution in [0.2, 0.25) is 0 Å². The number of rotatable bonds is 5. The average Bonchev–Trinajstić information content (AvgIpc) is 3.21. The van der Waals surface area contributed by atoms with Crippen molar-refractivity contribution >= 4 is 16.7 Å². The molecule has 3 aromatic rings. The highest BCUT2D eigenvalue weighted by atomic mass is 16.7. The molecule has 156 valence electrons. The van der Waals surface area contributed by atoms with Gasteiger partial charge in [-0.1, -0.05) is 0 Å². The third-order valence-corrected chi connectivity index (χ3v) is 5.18. The molecule has 0 bridgehead atoms. The van der Waals surface area contributed by atoms with Crippen molar-refractivity contribution in [2.45, 2.75) is 6.92 Å².